The molecule has 0 saturated carbocycles. The molecule has 8 heteroatoms. The molecule has 0 aromatic heterocycles. The smallest absolute Gasteiger partial charge is 0.253 e. The maximum absolute atomic E-state index is 12.9. The lowest BCUT2D eigenvalue weighted by molar-refractivity contribution is 0.0792. The van der Waals surface area contributed by atoms with Gasteiger partial charge in [-0.2, -0.15) is 0 Å². The lowest BCUT2D eigenvalue weighted by Gasteiger charge is -2.16. The van der Waals surface area contributed by atoms with Gasteiger partial charge in [-0.1, -0.05) is 48.5 Å². The van der Waals surface area contributed by atoms with Crippen LogP contribution in [0.4, 0.5) is 0 Å². The number of nitrogens with one attached hydrogen (secondary N) is 2. The zero-order valence-corrected chi connectivity index (χ0v) is 20.5. The van der Waals surface area contributed by atoms with Gasteiger partial charge in [-0.3, -0.25) is 9.59 Å². The molecule has 1 heterocycles. The first-order valence-electron chi connectivity index (χ1n) is 11.6. The van der Waals surface area contributed by atoms with E-state index in [1.165, 1.54) is 6.07 Å². The highest BCUT2D eigenvalue weighted by molar-refractivity contribution is 7.89. The van der Waals surface area contributed by atoms with Crippen LogP contribution in [-0.4, -0.2) is 38.2 Å². The maximum Gasteiger partial charge on any atom is 0.253 e. The zero-order chi connectivity index (χ0) is 24.8. The molecule has 0 radical (unpaired) electrons. The molecular weight excluding hydrogens is 462 g/mol. The largest absolute Gasteiger partial charge is 0.348 e. The van der Waals surface area contributed by atoms with Crippen molar-refractivity contribution in [1.29, 1.82) is 0 Å². The third-order valence-corrected chi connectivity index (χ3v) is 7.61. The summed E-state index contributed by atoms with van der Waals surface area (Å²) in [5.74, 6) is -0.382. The highest BCUT2D eigenvalue weighted by Crippen LogP contribution is 2.18. The average Bonchev–Trinajstić information content (AvgIpc) is 3.42. The molecule has 0 atom stereocenters. The summed E-state index contributed by atoms with van der Waals surface area (Å²) in [5, 5.41) is 2.83. The van der Waals surface area contributed by atoms with E-state index >= 15 is 0 Å². The fraction of sp³-hybridized carbons (Fsp3) is 0.259. The van der Waals surface area contributed by atoms with Crippen molar-refractivity contribution in [3.05, 3.63) is 101 Å². The van der Waals surface area contributed by atoms with Crippen LogP contribution in [0.25, 0.3) is 0 Å². The van der Waals surface area contributed by atoms with Gasteiger partial charge in [0.05, 0.1) is 4.90 Å². The van der Waals surface area contributed by atoms with Crippen LogP contribution in [0.1, 0.15) is 50.2 Å². The van der Waals surface area contributed by atoms with Crippen molar-refractivity contribution in [2.24, 2.45) is 0 Å². The zero-order valence-electron chi connectivity index (χ0n) is 19.7. The summed E-state index contributed by atoms with van der Waals surface area (Å²) in [6, 6.07) is 21.1. The average molecular weight is 492 g/mol. The first kappa shape index (κ1) is 24.6. The van der Waals surface area contributed by atoms with Crippen molar-refractivity contribution < 1.29 is 18.0 Å². The van der Waals surface area contributed by atoms with E-state index in [1.807, 2.05) is 41.3 Å². The summed E-state index contributed by atoms with van der Waals surface area (Å²) in [6.45, 7) is 3.63. The second-order valence-corrected chi connectivity index (χ2v) is 10.4. The van der Waals surface area contributed by atoms with Gasteiger partial charge in [0, 0.05) is 37.3 Å². The van der Waals surface area contributed by atoms with Gasteiger partial charge in [0.2, 0.25) is 10.0 Å². The molecule has 0 unspecified atom stereocenters. The molecule has 35 heavy (non-hydrogen) atoms. The van der Waals surface area contributed by atoms with Gasteiger partial charge in [0.1, 0.15) is 0 Å². The summed E-state index contributed by atoms with van der Waals surface area (Å²) < 4.78 is 28.4. The number of aryl methyl sites for hydroxylation is 1. The van der Waals surface area contributed by atoms with Crippen molar-refractivity contribution in [3.63, 3.8) is 0 Å². The van der Waals surface area contributed by atoms with E-state index in [-0.39, 0.29) is 35.4 Å². The van der Waals surface area contributed by atoms with Gasteiger partial charge >= 0.3 is 0 Å². The number of hydrogen-bond donors (Lipinski definition) is 2. The fourth-order valence-electron chi connectivity index (χ4n) is 4.08. The van der Waals surface area contributed by atoms with Crippen molar-refractivity contribution in [2.75, 3.05) is 13.1 Å². The summed E-state index contributed by atoms with van der Waals surface area (Å²) in [7, 11) is -3.81. The number of nitrogens with zero attached hydrogens (tertiary/aromatic N) is 1. The van der Waals surface area contributed by atoms with Crippen LogP contribution in [-0.2, 0) is 23.1 Å². The number of likely N-dealkylation sites (tertiary alicyclic amines) is 1. The van der Waals surface area contributed by atoms with Crippen LogP contribution >= 0.6 is 0 Å². The van der Waals surface area contributed by atoms with E-state index < -0.39 is 10.0 Å². The van der Waals surface area contributed by atoms with Gasteiger partial charge in [0.15, 0.2) is 0 Å². The van der Waals surface area contributed by atoms with E-state index in [9.17, 15) is 18.0 Å². The topological polar surface area (TPSA) is 95.6 Å². The summed E-state index contributed by atoms with van der Waals surface area (Å²) in [4.78, 5) is 27.4. The third kappa shape index (κ3) is 6.15. The van der Waals surface area contributed by atoms with Crippen molar-refractivity contribution in [2.45, 2.75) is 37.8 Å². The lowest BCUT2D eigenvalue weighted by Crippen LogP contribution is -2.28. The van der Waals surface area contributed by atoms with Crippen molar-refractivity contribution in [1.82, 2.24) is 14.9 Å². The molecule has 0 aliphatic carbocycles. The van der Waals surface area contributed by atoms with E-state index in [1.54, 1.807) is 37.3 Å². The molecule has 3 aromatic rings. The van der Waals surface area contributed by atoms with Gasteiger partial charge in [-0.15, -0.1) is 0 Å². The molecule has 3 aromatic carbocycles. The Morgan fingerprint density at radius 2 is 1.54 bits per heavy atom. The Morgan fingerprint density at radius 3 is 2.29 bits per heavy atom. The molecule has 1 aliphatic heterocycles. The molecule has 7 nitrogen and oxygen atoms in total. The minimum absolute atomic E-state index is 0.00654. The molecule has 1 fully saturated rings. The molecule has 182 valence electrons. The Labute approximate surface area is 206 Å². The van der Waals surface area contributed by atoms with Crippen LogP contribution in [0.15, 0.2) is 77.7 Å². The van der Waals surface area contributed by atoms with Crippen LogP contribution in [0.5, 0.6) is 0 Å². The Hall–Kier alpha value is -3.49. The van der Waals surface area contributed by atoms with Gasteiger partial charge in [-0.25, -0.2) is 13.1 Å². The second-order valence-electron chi connectivity index (χ2n) is 8.67. The Bertz CT molecular complexity index is 1320. The standard InChI is InChI=1S/C27H29N3O4S/c1-20-12-13-23(17-25(20)35(33,34)29-19-21-8-3-2-4-9-21)26(31)28-18-22-10-7-11-24(16-22)27(32)30-14-5-6-15-30/h2-4,7-13,16-17,29H,5-6,14-15,18-19H2,1H3,(H,28,31). The molecular formula is C27H29N3O4S. The Balaban J connectivity index is 1.42. The molecule has 1 saturated heterocycles. The molecule has 1 aliphatic rings. The first-order chi connectivity index (χ1) is 16.8. The number of sulfonamides is 1. The minimum atomic E-state index is -3.81. The molecule has 4 rings (SSSR count). The molecule has 0 bridgehead atoms. The van der Waals surface area contributed by atoms with Crippen LogP contribution in [0.2, 0.25) is 0 Å². The van der Waals surface area contributed by atoms with E-state index in [4.69, 9.17) is 0 Å². The van der Waals surface area contributed by atoms with Gasteiger partial charge < -0.3 is 10.2 Å². The molecule has 0 spiro atoms. The van der Waals surface area contributed by atoms with Crippen molar-refractivity contribution in [3.8, 4) is 0 Å². The molecule has 2 N–H and O–H groups in total. The first-order valence-corrected chi connectivity index (χ1v) is 13.1. The van der Waals surface area contributed by atoms with E-state index in [0.717, 1.165) is 37.1 Å². The maximum atomic E-state index is 12.9. The fourth-order valence-corrected chi connectivity index (χ4v) is 5.37. The quantitative estimate of drug-likeness (QED) is 0.503. The normalized spacial score (nSPS) is 13.6. The van der Waals surface area contributed by atoms with Crippen molar-refractivity contribution >= 4 is 21.8 Å². The Morgan fingerprint density at radius 1 is 0.829 bits per heavy atom. The number of benzene rings is 3. The third-order valence-electron chi connectivity index (χ3n) is 6.07. The van der Waals surface area contributed by atoms with Gasteiger partial charge in [0.25, 0.3) is 11.8 Å². The van der Waals surface area contributed by atoms with Crippen LogP contribution in [0, 0.1) is 6.92 Å². The number of carbonyl (C=O) groups excluding carboxylic acids is 2. The Kier molecular flexibility index (Phi) is 7.63. The predicted molar refractivity (Wildman–Crippen MR) is 134 cm³/mol. The highest BCUT2D eigenvalue weighted by Gasteiger charge is 2.21. The van der Waals surface area contributed by atoms with Crippen LogP contribution < -0.4 is 10.0 Å². The SMILES string of the molecule is Cc1ccc(C(=O)NCc2cccc(C(=O)N3CCCC3)c2)cc1S(=O)(=O)NCc1ccccc1. The highest BCUT2D eigenvalue weighted by atomic mass is 32.2. The van der Waals surface area contributed by atoms with Gasteiger partial charge in [-0.05, 0) is 60.7 Å². The second kappa shape index (κ2) is 10.8. The van der Waals surface area contributed by atoms with E-state index in [2.05, 4.69) is 10.0 Å². The predicted octanol–water partition coefficient (Wildman–Crippen LogP) is 3.64. The number of rotatable bonds is 8. The number of hydrogen-bond acceptors (Lipinski definition) is 4. The lowest BCUT2D eigenvalue weighted by atomic mass is 10.1. The van der Waals surface area contributed by atoms with E-state index in [0.29, 0.717) is 11.1 Å². The summed E-state index contributed by atoms with van der Waals surface area (Å²) >= 11 is 0. The summed E-state index contributed by atoms with van der Waals surface area (Å²) in [6.07, 6.45) is 2.05. The minimum Gasteiger partial charge on any atom is -0.348 e. The monoisotopic (exact) mass is 491 g/mol. The summed E-state index contributed by atoms with van der Waals surface area (Å²) in [5.41, 5.74) is 3.04. The molecule has 2 amide bonds. The van der Waals surface area contributed by atoms with Crippen LogP contribution in [0.3, 0.4) is 0 Å². The number of carbonyl (C=O) groups is 2. The number of amides is 2.